The number of aryl methyl sites for hydroxylation is 2. The van der Waals surface area contributed by atoms with Crippen molar-refractivity contribution in [2.24, 2.45) is 0 Å². The summed E-state index contributed by atoms with van der Waals surface area (Å²) in [6.07, 6.45) is 1.28. The fraction of sp³-hybridized carbons (Fsp3) is 0.273. The van der Waals surface area contributed by atoms with E-state index in [0.717, 1.165) is 17.8 Å². The van der Waals surface area contributed by atoms with Crippen molar-refractivity contribution in [1.29, 1.82) is 0 Å². The summed E-state index contributed by atoms with van der Waals surface area (Å²) in [5.74, 6) is 0.0821. The molecule has 0 unspecified atom stereocenters. The summed E-state index contributed by atoms with van der Waals surface area (Å²) >= 11 is 0. The fourth-order valence-corrected chi connectivity index (χ4v) is 3.23. The molecule has 1 aromatic heterocycles. The largest absolute Gasteiger partial charge is 0.354 e. The second kappa shape index (κ2) is 8.48. The van der Waals surface area contributed by atoms with Gasteiger partial charge in [-0.25, -0.2) is 0 Å². The minimum absolute atomic E-state index is 0.0821. The third kappa shape index (κ3) is 4.39. The molecule has 0 bridgehead atoms. The molecule has 26 heavy (non-hydrogen) atoms. The smallest absolute Gasteiger partial charge is 0.220 e. The average Bonchev–Trinajstić information content (AvgIpc) is 2.95. The lowest BCUT2D eigenvalue weighted by atomic mass is 10.0. The molecule has 2 aromatic carbocycles. The number of hydrogen-bond donors (Lipinski definition) is 1. The molecule has 3 aromatic rings. The van der Waals surface area contributed by atoms with Crippen LogP contribution >= 0.6 is 0 Å². The van der Waals surface area contributed by atoms with Gasteiger partial charge in [-0.15, -0.1) is 0 Å². The third-order valence-electron chi connectivity index (χ3n) is 4.57. The van der Waals surface area contributed by atoms with Gasteiger partial charge in [0.25, 0.3) is 0 Å². The molecule has 4 heteroatoms. The first-order valence-electron chi connectivity index (χ1n) is 9.05. The molecule has 0 radical (unpaired) electrons. The first-order chi connectivity index (χ1) is 12.6. The van der Waals surface area contributed by atoms with E-state index in [0.29, 0.717) is 19.5 Å². The lowest BCUT2D eigenvalue weighted by Gasteiger charge is -2.08. The second-order valence-corrected chi connectivity index (χ2v) is 6.47. The number of carbonyl (C=O) groups is 1. The van der Waals surface area contributed by atoms with Crippen LogP contribution in [0, 0.1) is 13.8 Å². The Balaban J connectivity index is 1.53. The number of amides is 1. The van der Waals surface area contributed by atoms with Gasteiger partial charge in [-0.3, -0.25) is 9.48 Å². The van der Waals surface area contributed by atoms with Gasteiger partial charge < -0.3 is 5.32 Å². The second-order valence-electron chi connectivity index (χ2n) is 6.47. The molecule has 0 saturated heterocycles. The molecule has 0 aliphatic carbocycles. The Labute approximate surface area is 154 Å². The van der Waals surface area contributed by atoms with Gasteiger partial charge in [0, 0.05) is 24.2 Å². The van der Waals surface area contributed by atoms with Crippen molar-refractivity contribution in [3.8, 4) is 11.1 Å². The standard InChI is InChI=1S/C22H25N3O/c1-17-22(20-11-7-4-8-12-20)18(2)25(24-17)16-15-23-21(26)14-13-19-9-5-3-6-10-19/h3-12H,13-16H2,1-2H3,(H,23,26). The van der Waals surface area contributed by atoms with E-state index in [2.05, 4.69) is 29.5 Å². The van der Waals surface area contributed by atoms with Crippen molar-refractivity contribution in [2.75, 3.05) is 6.54 Å². The topological polar surface area (TPSA) is 46.9 Å². The summed E-state index contributed by atoms with van der Waals surface area (Å²) in [6.45, 7) is 5.38. The van der Waals surface area contributed by atoms with Crippen LogP contribution in [-0.2, 0) is 17.8 Å². The summed E-state index contributed by atoms with van der Waals surface area (Å²) in [7, 11) is 0. The van der Waals surface area contributed by atoms with E-state index in [1.165, 1.54) is 16.7 Å². The summed E-state index contributed by atoms with van der Waals surface area (Å²) < 4.78 is 1.98. The van der Waals surface area contributed by atoms with Gasteiger partial charge in [0.15, 0.2) is 0 Å². The molecule has 0 saturated carbocycles. The van der Waals surface area contributed by atoms with Gasteiger partial charge in [-0.2, -0.15) is 5.10 Å². The van der Waals surface area contributed by atoms with Crippen LogP contribution in [0.4, 0.5) is 0 Å². The minimum atomic E-state index is 0.0821. The predicted octanol–water partition coefficient (Wildman–Crippen LogP) is 3.92. The highest BCUT2D eigenvalue weighted by Gasteiger charge is 2.13. The van der Waals surface area contributed by atoms with E-state index in [9.17, 15) is 4.79 Å². The SMILES string of the molecule is Cc1nn(CCNC(=O)CCc2ccccc2)c(C)c1-c1ccccc1. The zero-order valence-corrected chi connectivity index (χ0v) is 15.4. The van der Waals surface area contributed by atoms with E-state index < -0.39 is 0 Å². The number of rotatable bonds is 7. The zero-order valence-electron chi connectivity index (χ0n) is 15.4. The van der Waals surface area contributed by atoms with E-state index >= 15 is 0 Å². The van der Waals surface area contributed by atoms with Crippen LogP contribution < -0.4 is 5.32 Å². The number of nitrogens with zero attached hydrogens (tertiary/aromatic N) is 2. The molecule has 3 rings (SSSR count). The highest BCUT2D eigenvalue weighted by Crippen LogP contribution is 2.26. The summed E-state index contributed by atoms with van der Waals surface area (Å²) in [6, 6.07) is 20.4. The van der Waals surface area contributed by atoms with Crippen LogP contribution in [0.5, 0.6) is 0 Å². The molecule has 134 valence electrons. The monoisotopic (exact) mass is 347 g/mol. The molecule has 0 fully saturated rings. The van der Waals surface area contributed by atoms with E-state index in [4.69, 9.17) is 0 Å². The number of hydrogen-bond acceptors (Lipinski definition) is 2. The molecule has 1 amide bonds. The normalized spacial score (nSPS) is 10.7. The van der Waals surface area contributed by atoms with Crippen LogP contribution in [0.15, 0.2) is 60.7 Å². The highest BCUT2D eigenvalue weighted by atomic mass is 16.1. The van der Waals surface area contributed by atoms with E-state index in [1.54, 1.807) is 0 Å². The summed E-state index contributed by atoms with van der Waals surface area (Å²) in [5, 5.41) is 7.64. The van der Waals surface area contributed by atoms with Crippen molar-refractivity contribution in [2.45, 2.75) is 33.2 Å². The Morgan fingerprint density at radius 2 is 1.65 bits per heavy atom. The molecule has 1 N–H and O–H groups in total. The molecular formula is C22H25N3O. The van der Waals surface area contributed by atoms with Gasteiger partial charge in [0.2, 0.25) is 5.91 Å². The molecule has 1 heterocycles. The number of nitrogens with one attached hydrogen (secondary N) is 1. The third-order valence-corrected chi connectivity index (χ3v) is 4.57. The van der Waals surface area contributed by atoms with Gasteiger partial charge in [-0.1, -0.05) is 60.7 Å². The first-order valence-corrected chi connectivity index (χ1v) is 9.05. The van der Waals surface area contributed by atoms with Gasteiger partial charge in [0.1, 0.15) is 0 Å². The number of benzene rings is 2. The van der Waals surface area contributed by atoms with E-state index in [-0.39, 0.29) is 5.91 Å². The van der Waals surface area contributed by atoms with Crippen molar-refractivity contribution < 1.29 is 4.79 Å². The fourth-order valence-electron chi connectivity index (χ4n) is 3.23. The van der Waals surface area contributed by atoms with Crippen molar-refractivity contribution in [3.05, 3.63) is 77.6 Å². The van der Waals surface area contributed by atoms with Gasteiger partial charge in [0.05, 0.1) is 12.2 Å². The Morgan fingerprint density at radius 3 is 2.35 bits per heavy atom. The minimum Gasteiger partial charge on any atom is -0.354 e. The average molecular weight is 347 g/mol. The zero-order chi connectivity index (χ0) is 18.4. The molecule has 0 atom stereocenters. The van der Waals surface area contributed by atoms with Crippen LogP contribution in [0.2, 0.25) is 0 Å². The lowest BCUT2D eigenvalue weighted by molar-refractivity contribution is -0.121. The Morgan fingerprint density at radius 1 is 1.00 bits per heavy atom. The van der Waals surface area contributed by atoms with Crippen LogP contribution in [0.3, 0.4) is 0 Å². The maximum atomic E-state index is 12.0. The Bertz CT molecular complexity index is 854. The van der Waals surface area contributed by atoms with Gasteiger partial charge in [-0.05, 0) is 31.4 Å². The van der Waals surface area contributed by atoms with Crippen LogP contribution in [0.25, 0.3) is 11.1 Å². The Kier molecular flexibility index (Phi) is 5.84. The Hall–Kier alpha value is -2.88. The van der Waals surface area contributed by atoms with Crippen molar-refractivity contribution >= 4 is 5.91 Å². The van der Waals surface area contributed by atoms with Crippen LogP contribution in [-0.4, -0.2) is 22.2 Å². The summed E-state index contributed by atoms with van der Waals surface area (Å²) in [4.78, 5) is 12.0. The van der Waals surface area contributed by atoms with E-state index in [1.807, 2.05) is 60.1 Å². The molecule has 0 aliphatic rings. The van der Waals surface area contributed by atoms with Gasteiger partial charge >= 0.3 is 0 Å². The highest BCUT2D eigenvalue weighted by molar-refractivity contribution is 5.76. The lowest BCUT2D eigenvalue weighted by Crippen LogP contribution is -2.28. The molecule has 0 aliphatic heterocycles. The quantitative estimate of drug-likeness (QED) is 0.704. The molecule has 0 spiro atoms. The summed E-state index contributed by atoms with van der Waals surface area (Å²) in [5.41, 5.74) is 5.70. The number of carbonyl (C=O) groups excluding carboxylic acids is 1. The first kappa shape index (κ1) is 17.9. The van der Waals surface area contributed by atoms with Crippen LogP contribution in [0.1, 0.15) is 23.4 Å². The maximum absolute atomic E-state index is 12.0. The van der Waals surface area contributed by atoms with Crippen molar-refractivity contribution in [1.82, 2.24) is 15.1 Å². The van der Waals surface area contributed by atoms with Crippen molar-refractivity contribution in [3.63, 3.8) is 0 Å². The maximum Gasteiger partial charge on any atom is 0.220 e. The molecular weight excluding hydrogens is 322 g/mol. The number of aromatic nitrogens is 2. The molecule has 4 nitrogen and oxygen atoms in total. The predicted molar refractivity (Wildman–Crippen MR) is 105 cm³/mol.